The van der Waals surface area contributed by atoms with Gasteiger partial charge in [0.05, 0.1) is 5.56 Å². The lowest BCUT2D eigenvalue weighted by Gasteiger charge is -2.01. The molecule has 0 aliphatic rings. The van der Waals surface area contributed by atoms with E-state index in [-0.39, 0.29) is 17.7 Å². The van der Waals surface area contributed by atoms with Gasteiger partial charge in [0.2, 0.25) is 5.56 Å². The minimum atomic E-state index is -0.541. The summed E-state index contributed by atoms with van der Waals surface area (Å²) < 4.78 is 10.4. The zero-order chi connectivity index (χ0) is 16.2. The van der Waals surface area contributed by atoms with Gasteiger partial charge in [-0.1, -0.05) is 35.0 Å². The number of carbonyl (C=O) groups is 1. The van der Waals surface area contributed by atoms with Crippen molar-refractivity contribution in [2.75, 3.05) is 0 Å². The molecular weight excluding hydrogens is 296 g/mol. The molecule has 2 heterocycles. The van der Waals surface area contributed by atoms with Gasteiger partial charge in [0, 0.05) is 23.9 Å². The van der Waals surface area contributed by atoms with E-state index < -0.39 is 5.97 Å². The second-order valence-electron chi connectivity index (χ2n) is 5.07. The Morgan fingerprint density at radius 2 is 2.00 bits per heavy atom. The minimum Gasteiger partial charge on any atom is -0.455 e. The van der Waals surface area contributed by atoms with Crippen molar-refractivity contribution in [3.63, 3.8) is 0 Å². The van der Waals surface area contributed by atoms with Gasteiger partial charge in [0.1, 0.15) is 12.3 Å². The molecule has 0 atom stereocenters. The number of hydrogen-bond donors (Lipinski definition) is 1. The van der Waals surface area contributed by atoms with Crippen LogP contribution in [0.25, 0.3) is 11.3 Å². The fraction of sp³-hybridized carbons (Fsp3) is 0.118. The number of rotatable bonds is 4. The highest BCUT2D eigenvalue weighted by Crippen LogP contribution is 2.21. The van der Waals surface area contributed by atoms with Crippen LogP contribution in [0.2, 0.25) is 0 Å². The number of aromatic amines is 1. The average molecular weight is 310 g/mol. The standard InChI is InChI=1S/C17H14N2O4/c1-11-2-4-12(5-3-11)15-8-14(19-23-15)10-22-17(21)13-6-7-16(20)18-9-13/h2-9H,10H2,1H3,(H,18,20). The molecule has 3 rings (SSSR count). The highest BCUT2D eigenvalue weighted by atomic mass is 16.5. The molecule has 0 aliphatic carbocycles. The minimum absolute atomic E-state index is 0.00663. The molecule has 0 bridgehead atoms. The van der Waals surface area contributed by atoms with Crippen molar-refractivity contribution in [1.29, 1.82) is 0 Å². The molecule has 116 valence electrons. The summed E-state index contributed by atoms with van der Waals surface area (Å²) in [5.41, 5.74) is 2.57. The molecule has 1 N–H and O–H groups in total. The topological polar surface area (TPSA) is 85.2 Å². The number of H-pyrrole nitrogens is 1. The second kappa shape index (κ2) is 6.31. The van der Waals surface area contributed by atoms with Crippen molar-refractivity contribution < 1.29 is 14.1 Å². The second-order valence-corrected chi connectivity index (χ2v) is 5.07. The average Bonchev–Trinajstić information content (AvgIpc) is 3.03. The lowest BCUT2D eigenvalue weighted by Crippen LogP contribution is -2.09. The highest BCUT2D eigenvalue weighted by molar-refractivity contribution is 5.88. The number of nitrogens with one attached hydrogen (secondary N) is 1. The third-order valence-corrected chi connectivity index (χ3v) is 3.27. The van der Waals surface area contributed by atoms with E-state index in [1.54, 1.807) is 6.07 Å². The first-order chi connectivity index (χ1) is 11.1. The van der Waals surface area contributed by atoms with E-state index in [9.17, 15) is 9.59 Å². The van der Waals surface area contributed by atoms with Crippen LogP contribution >= 0.6 is 0 Å². The van der Waals surface area contributed by atoms with E-state index in [2.05, 4.69) is 10.1 Å². The molecule has 1 aromatic carbocycles. The third-order valence-electron chi connectivity index (χ3n) is 3.27. The molecule has 2 aromatic heterocycles. The monoisotopic (exact) mass is 310 g/mol. The first kappa shape index (κ1) is 14.8. The predicted octanol–water partition coefficient (Wildman–Crippen LogP) is 2.70. The molecule has 0 radical (unpaired) electrons. The van der Waals surface area contributed by atoms with Gasteiger partial charge >= 0.3 is 5.97 Å². The predicted molar refractivity (Wildman–Crippen MR) is 82.9 cm³/mol. The van der Waals surface area contributed by atoms with Crippen LogP contribution in [0.4, 0.5) is 0 Å². The molecule has 0 saturated heterocycles. The first-order valence-corrected chi connectivity index (χ1v) is 7.00. The number of pyridine rings is 1. The van der Waals surface area contributed by atoms with Crippen molar-refractivity contribution in [2.24, 2.45) is 0 Å². The molecule has 0 fully saturated rings. The van der Waals surface area contributed by atoms with Gasteiger partial charge in [-0.3, -0.25) is 4.79 Å². The summed E-state index contributed by atoms with van der Waals surface area (Å²) >= 11 is 0. The summed E-state index contributed by atoms with van der Waals surface area (Å²) in [6, 6.07) is 12.2. The fourth-order valence-electron chi connectivity index (χ4n) is 1.99. The Morgan fingerprint density at radius 3 is 2.70 bits per heavy atom. The number of esters is 1. The Labute approximate surface area is 131 Å². The van der Waals surface area contributed by atoms with Gasteiger partial charge in [-0.25, -0.2) is 4.79 Å². The molecule has 6 nitrogen and oxygen atoms in total. The quantitative estimate of drug-likeness (QED) is 0.749. The van der Waals surface area contributed by atoms with Gasteiger partial charge in [0.25, 0.3) is 0 Å². The van der Waals surface area contributed by atoms with Crippen molar-refractivity contribution in [3.8, 4) is 11.3 Å². The number of aromatic nitrogens is 2. The van der Waals surface area contributed by atoms with Crippen molar-refractivity contribution in [1.82, 2.24) is 10.1 Å². The molecule has 3 aromatic rings. The number of hydrogen-bond acceptors (Lipinski definition) is 5. The summed E-state index contributed by atoms with van der Waals surface area (Å²) in [6.07, 6.45) is 1.31. The van der Waals surface area contributed by atoms with Crippen LogP contribution in [0.3, 0.4) is 0 Å². The number of aryl methyl sites for hydroxylation is 1. The maximum absolute atomic E-state index is 11.8. The van der Waals surface area contributed by atoms with E-state index >= 15 is 0 Å². The van der Waals surface area contributed by atoms with E-state index in [0.717, 1.165) is 11.1 Å². The van der Waals surface area contributed by atoms with Crippen LogP contribution in [0.1, 0.15) is 21.6 Å². The van der Waals surface area contributed by atoms with E-state index in [1.807, 2.05) is 31.2 Å². The van der Waals surface area contributed by atoms with Crippen LogP contribution in [-0.4, -0.2) is 16.1 Å². The van der Waals surface area contributed by atoms with Gasteiger partial charge < -0.3 is 14.2 Å². The number of benzene rings is 1. The Morgan fingerprint density at radius 1 is 1.22 bits per heavy atom. The Hall–Kier alpha value is -3.15. The summed E-state index contributed by atoms with van der Waals surface area (Å²) in [4.78, 5) is 25.2. The maximum atomic E-state index is 11.8. The van der Waals surface area contributed by atoms with Gasteiger partial charge in [-0.2, -0.15) is 0 Å². The van der Waals surface area contributed by atoms with E-state index in [1.165, 1.54) is 18.3 Å². The Kier molecular flexibility index (Phi) is 4.05. The molecule has 0 aliphatic heterocycles. The van der Waals surface area contributed by atoms with Crippen LogP contribution in [0, 0.1) is 6.92 Å². The Bertz CT molecular complexity index is 858. The van der Waals surface area contributed by atoms with Crippen molar-refractivity contribution >= 4 is 5.97 Å². The smallest absolute Gasteiger partial charge is 0.340 e. The van der Waals surface area contributed by atoms with Crippen molar-refractivity contribution in [2.45, 2.75) is 13.5 Å². The van der Waals surface area contributed by atoms with Crippen LogP contribution in [-0.2, 0) is 11.3 Å². The van der Waals surface area contributed by atoms with Gasteiger partial charge in [-0.15, -0.1) is 0 Å². The fourth-order valence-corrected chi connectivity index (χ4v) is 1.99. The largest absolute Gasteiger partial charge is 0.455 e. The van der Waals surface area contributed by atoms with Gasteiger partial charge in [0.15, 0.2) is 5.76 Å². The lowest BCUT2D eigenvalue weighted by molar-refractivity contribution is 0.0464. The normalized spacial score (nSPS) is 10.5. The van der Waals surface area contributed by atoms with E-state index in [4.69, 9.17) is 9.26 Å². The van der Waals surface area contributed by atoms with Crippen LogP contribution < -0.4 is 5.56 Å². The maximum Gasteiger partial charge on any atom is 0.340 e. The number of nitrogens with zero attached hydrogens (tertiary/aromatic N) is 1. The Balaban J connectivity index is 1.65. The molecule has 23 heavy (non-hydrogen) atoms. The number of ether oxygens (including phenoxy) is 1. The van der Waals surface area contributed by atoms with E-state index in [0.29, 0.717) is 11.5 Å². The molecule has 0 unspecified atom stereocenters. The summed E-state index contributed by atoms with van der Waals surface area (Å²) in [5.74, 6) is 0.0706. The molecular formula is C17H14N2O4. The van der Waals surface area contributed by atoms with Crippen LogP contribution in [0.5, 0.6) is 0 Å². The highest BCUT2D eigenvalue weighted by Gasteiger charge is 2.11. The number of carbonyl (C=O) groups excluding carboxylic acids is 1. The summed E-state index contributed by atoms with van der Waals surface area (Å²) in [6.45, 7) is 2.00. The SMILES string of the molecule is Cc1ccc(-c2cc(COC(=O)c3ccc(=O)[nH]c3)no2)cc1. The van der Waals surface area contributed by atoms with Crippen LogP contribution in [0.15, 0.2) is 58.0 Å². The molecule has 0 spiro atoms. The molecule has 0 saturated carbocycles. The van der Waals surface area contributed by atoms with Gasteiger partial charge in [-0.05, 0) is 13.0 Å². The summed E-state index contributed by atoms with van der Waals surface area (Å²) in [5, 5.41) is 3.88. The summed E-state index contributed by atoms with van der Waals surface area (Å²) in [7, 11) is 0. The molecule has 0 amide bonds. The lowest BCUT2D eigenvalue weighted by atomic mass is 10.1. The third kappa shape index (κ3) is 3.55. The zero-order valence-electron chi connectivity index (χ0n) is 12.4. The first-order valence-electron chi connectivity index (χ1n) is 7.00. The molecule has 6 heteroatoms. The van der Waals surface area contributed by atoms with Crippen molar-refractivity contribution in [3.05, 3.63) is 75.8 Å². The zero-order valence-corrected chi connectivity index (χ0v) is 12.4.